The molecule has 0 fully saturated rings. The van der Waals surface area contributed by atoms with Crippen LogP contribution in [-0.2, 0) is 4.79 Å². The molecule has 0 atom stereocenters. The lowest BCUT2D eigenvalue weighted by atomic mass is 10.2. The first-order chi connectivity index (χ1) is 9.06. The highest BCUT2D eigenvalue weighted by Gasteiger charge is 2.09. The van der Waals surface area contributed by atoms with E-state index in [4.69, 9.17) is 0 Å². The summed E-state index contributed by atoms with van der Waals surface area (Å²) in [6.45, 7) is 0. The predicted octanol–water partition coefficient (Wildman–Crippen LogP) is 2.41. The van der Waals surface area contributed by atoms with Crippen LogP contribution < -0.4 is 0 Å². The molecule has 0 bridgehead atoms. The van der Waals surface area contributed by atoms with Crippen molar-refractivity contribution in [3.8, 4) is 11.4 Å². The molecule has 0 spiro atoms. The molecule has 0 aliphatic rings. The quantitative estimate of drug-likeness (QED) is 0.868. The lowest BCUT2D eigenvalue weighted by molar-refractivity contribution is -0.125. The zero-order valence-corrected chi connectivity index (χ0v) is 13.0. The minimum absolute atomic E-state index is 0.0417. The van der Waals surface area contributed by atoms with Crippen LogP contribution >= 0.6 is 27.7 Å². The van der Waals surface area contributed by atoms with Crippen LogP contribution in [0.1, 0.15) is 0 Å². The van der Waals surface area contributed by atoms with E-state index in [1.807, 2.05) is 24.3 Å². The molecule has 1 amide bonds. The Labute approximate surface area is 123 Å². The number of rotatable bonds is 4. The van der Waals surface area contributed by atoms with Crippen LogP contribution in [0.25, 0.3) is 11.4 Å². The highest BCUT2D eigenvalue weighted by molar-refractivity contribution is 9.10. The number of nitrogens with zero attached hydrogens (tertiary/aromatic N) is 3. The number of aromatic amines is 1. The van der Waals surface area contributed by atoms with Crippen LogP contribution in [0.3, 0.4) is 0 Å². The molecular weight excluding hydrogens is 328 g/mol. The van der Waals surface area contributed by atoms with Gasteiger partial charge in [0.2, 0.25) is 11.1 Å². The normalized spacial score (nSPS) is 10.5. The summed E-state index contributed by atoms with van der Waals surface area (Å²) >= 11 is 4.71. The Morgan fingerprint density at radius 1 is 1.37 bits per heavy atom. The Bertz CT molecular complexity index is 567. The predicted molar refractivity (Wildman–Crippen MR) is 78.9 cm³/mol. The number of hydrogen-bond donors (Lipinski definition) is 1. The minimum atomic E-state index is 0.0417. The van der Waals surface area contributed by atoms with Gasteiger partial charge in [-0.2, -0.15) is 0 Å². The number of nitrogens with one attached hydrogen (secondary N) is 1. The van der Waals surface area contributed by atoms with Gasteiger partial charge in [0.05, 0.1) is 5.75 Å². The van der Waals surface area contributed by atoms with Gasteiger partial charge in [-0.05, 0) is 12.1 Å². The van der Waals surface area contributed by atoms with Gasteiger partial charge in [-0.25, -0.2) is 4.98 Å². The average Bonchev–Trinajstić information content (AvgIpc) is 2.85. The summed E-state index contributed by atoms with van der Waals surface area (Å²) in [4.78, 5) is 17.4. The number of carbonyl (C=O) groups excluding carboxylic acids is 1. The van der Waals surface area contributed by atoms with Gasteiger partial charge in [0.15, 0.2) is 5.82 Å². The van der Waals surface area contributed by atoms with Crippen molar-refractivity contribution < 1.29 is 4.79 Å². The van der Waals surface area contributed by atoms with Crippen molar-refractivity contribution in [3.63, 3.8) is 0 Å². The number of carbonyl (C=O) groups is 1. The lowest BCUT2D eigenvalue weighted by Gasteiger charge is -2.07. The number of aromatic nitrogens is 3. The molecule has 0 unspecified atom stereocenters. The molecule has 0 saturated carbocycles. The van der Waals surface area contributed by atoms with E-state index in [1.54, 1.807) is 19.0 Å². The van der Waals surface area contributed by atoms with Gasteiger partial charge in [0, 0.05) is 24.1 Å². The van der Waals surface area contributed by atoms with Gasteiger partial charge in [0.25, 0.3) is 0 Å². The Balaban J connectivity index is 2.03. The van der Waals surface area contributed by atoms with E-state index >= 15 is 0 Å². The topological polar surface area (TPSA) is 61.9 Å². The van der Waals surface area contributed by atoms with E-state index in [-0.39, 0.29) is 5.91 Å². The molecular formula is C12H13BrN4OS. The maximum Gasteiger partial charge on any atom is 0.232 e. The molecule has 5 nitrogen and oxygen atoms in total. The van der Waals surface area contributed by atoms with E-state index in [9.17, 15) is 4.79 Å². The Morgan fingerprint density at radius 3 is 2.68 bits per heavy atom. The van der Waals surface area contributed by atoms with Crippen LogP contribution in [0.2, 0.25) is 0 Å². The van der Waals surface area contributed by atoms with Gasteiger partial charge in [-0.1, -0.05) is 39.8 Å². The third-order valence-corrected chi connectivity index (χ3v) is 3.77. The molecule has 0 aliphatic heterocycles. The second kappa shape index (κ2) is 6.21. The first-order valence-electron chi connectivity index (χ1n) is 5.57. The van der Waals surface area contributed by atoms with E-state index in [1.165, 1.54) is 11.8 Å². The van der Waals surface area contributed by atoms with E-state index in [2.05, 4.69) is 31.1 Å². The highest BCUT2D eigenvalue weighted by atomic mass is 79.9. The molecule has 0 aliphatic carbocycles. The molecule has 7 heteroatoms. The van der Waals surface area contributed by atoms with Crippen molar-refractivity contribution in [1.29, 1.82) is 0 Å². The lowest BCUT2D eigenvalue weighted by Crippen LogP contribution is -2.23. The van der Waals surface area contributed by atoms with Crippen LogP contribution in [0.4, 0.5) is 0 Å². The van der Waals surface area contributed by atoms with Gasteiger partial charge in [0.1, 0.15) is 0 Å². The summed E-state index contributed by atoms with van der Waals surface area (Å²) in [6, 6.07) is 7.79. The second-order valence-electron chi connectivity index (χ2n) is 4.05. The van der Waals surface area contributed by atoms with Crippen LogP contribution in [-0.4, -0.2) is 45.8 Å². The smallest absolute Gasteiger partial charge is 0.232 e. The molecule has 1 aromatic carbocycles. The van der Waals surface area contributed by atoms with Crippen molar-refractivity contribution in [1.82, 2.24) is 20.1 Å². The second-order valence-corrected chi connectivity index (χ2v) is 5.91. The SMILES string of the molecule is CN(C)C(=O)CSc1n[nH]c(-c2ccc(Br)cc2)n1. The molecule has 0 saturated heterocycles. The fourth-order valence-electron chi connectivity index (χ4n) is 1.30. The standard InChI is InChI=1S/C12H13BrN4OS/c1-17(2)10(18)7-19-12-14-11(15-16-12)8-3-5-9(13)6-4-8/h3-6H,7H2,1-2H3,(H,14,15,16). The fourth-order valence-corrected chi connectivity index (χ4v) is 2.34. The van der Waals surface area contributed by atoms with Crippen LogP contribution in [0, 0.1) is 0 Å². The van der Waals surface area contributed by atoms with E-state index < -0.39 is 0 Å². The molecule has 19 heavy (non-hydrogen) atoms. The summed E-state index contributed by atoms with van der Waals surface area (Å²) in [5, 5.41) is 7.54. The molecule has 2 aromatic rings. The minimum Gasteiger partial charge on any atom is -0.348 e. The highest BCUT2D eigenvalue weighted by Crippen LogP contribution is 2.21. The number of amides is 1. The third kappa shape index (κ3) is 3.81. The molecule has 1 heterocycles. The van der Waals surface area contributed by atoms with Gasteiger partial charge in [-0.3, -0.25) is 9.89 Å². The molecule has 1 N–H and O–H groups in total. The van der Waals surface area contributed by atoms with Crippen molar-refractivity contribution >= 4 is 33.6 Å². The molecule has 100 valence electrons. The van der Waals surface area contributed by atoms with Crippen molar-refractivity contribution in [2.24, 2.45) is 0 Å². The Hall–Kier alpha value is -1.34. The summed E-state index contributed by atoms with van der Waals surface area (Å²) in [6.07, 6.45) is 0. The Morgan fingerprint density at radius 2 is 2.05 bits per heavy atom. The van der Waals surface area contributed by atoms with Crippen LogP contribution in [0.5, 0.6) is 0 Å². The number of halogens is 1. The van der Waals surface area contributed by atoms with Crippen molar-refractivity contribution in [2.75, 3.05) is 19.8 Å². The van der Waals surface area contributed by atoms with Gasteiger partial charge >= 0.3 is 0 Å². The number of thioether (sulfide) groups is 1. The zero-order valence-electron chi connectivity index (χ0n) is 10.6. The summed E-state index contributed by atoms with van der Waals surface area (Å²) < 4.78 is 1.02. The number of H-pyrrole nitrogens is 1. The van der Waals surface area contributed by atoms with Gasteiger partial charge in [-0.15, -0.1) is 5.10 Å². The summed E-state index contributed by atoms with van der Waals surface area (Å²) in [5.74, 6) is 1.08. The summed E-state index contributed by atoms with van der Waals surface area (Å²) in [5.41, 5.74) is 0.960. The third-order valence-electron chi connectivity index (χ3n) is 2.41. The first-order valence-corrected chi connectivity index (χ1v) is 7.35. The van der Waals surface area contributed by atoms with Gasteiger partial charge < -0.3 is 4.90 Å². The number of benzene rings is 1. The molecule has 2 rings (SSSR count). The number of hydrogen-bond acceptors (Lipinski definition) is 4. The first kappa shape index (κ1) is 14.1. The van der Waals surface area contributed by atoms with E-state index in [0.29, 0.717) is 16.7 Å². The zero-order chi connectivity index (χ0) is 13.8. The Kier molecular flexibility index (Phi) is 4.60. The largest absolute Gasteiger partial charge is 0.348 e. The maximum atomic E-state index is 11.5. The summed E-state index contributed by atoms with van der Waals surface area (Å²) in [7, 11) is 3.46. The van der Waals surface area contributed by atoms with Crippen molar-refractivity contribution in [3.05, 3.63) is 28.7 Å². The fraction of sp³-hybridized carbons (Fsp3) is 0.250. The monoisotopic (exact) mass is 340 g/mol. The van der Waals surface area contributed by atoms with E-state index in [0.717, 1.165) is 10.0 Å². The molecule has 0 radical (unpaired) electrons. The van der Waals surface area contributed by atoms with Crippen LogP contribution in [0.15, 0.2) is 33.9 Å². The maximum absolute atomic E-state index is 11.5. The average molecular weight is 341 g/mol. The molecule has 1 aromatic heterocycles. The van der Waals surface area contributed by atoms with Crippen molar-refractivity contribution in [2.45, 2.75) is 5.16 Å².